The topological polar surface area (TPSA) is 93.6 Å². The smallest absolute Gasteiger partial charge is 0.411 e. The molecule has 0 saturated carbocycles. The van der Waals surface area contributed by atoms with E-state index in [1.807, 2.05) is 55.5 Å². The zero-order valence-electron chi connectivity index (χ0n) is 20.2. The van der Waals surface area contributed by atoms with Gasteiger partial charge in [-0.2, -0.15) is 0 Å². The van der Waals surface area contributed by atoms with Gasteiger partial charge in [-0.25, -0.2) is 19.6 Å². The highest BCUT2D eigenvalue weighted by molar-refractivity contribution is 5.91. The Morgan fingerprint density at radius 3 is 2.47 bits per heavy atom. The molecule has 4 rings (SSSR count). The number of carbonyl (C=O) groups excluding carboxylic acids is 2. The highest BCUT2D eigenvalue weighted by Crippen LogP contribution is 2.30. The summed E-state index contributed by atoms with van der Waals surface area (Å²) in [4.78, 5) is 36.3. The Kier molecular flexibility index (Phi) is 6.41. The largest absolute Gasteiger partial charge is 0.467 e. The molecule has 8 heteroatoms. The van der Waals surface area contributed by atoms with Crippen LogP contribution in [-0.2, 0) is 14.3 Å². The summed E-state index contributed by atoms with van der Waals surface area (Å²) in [7, 11) is 1.32. The van der Waals surface area contributed by atoms with Crippen LogP contribution in [0, 0.1) is 6.92 Å². The summed E-state index contributed by atoms with van der Waals surface area (Å²) in [6.07, 6.45) is -0.162. The van der Waals surface area contributed by atoms with E-state index in [-0.39, 0.29) is 12.6 Å². The minimum Gasteiger partial charge on any atom is -0.467 e. The molecule has 34 heavy (non-hydrogen) atoms. The van der Waals surface area contributed by atoms with Gasteiger partial charge in [-0.05, 0) is 45.4 Å². The number of likely N-dealkylation sites (tertiary alicyclic amines) is 1. The van der Waals surface area contributed by atoms with Crippen LogP contribution in [0.25, 0.3) is 22.3 Å². The first kappa shape index (κ1) is 23.5. The molecule has 2 atom stereocenters. The molecule has 1 N–H and O–H groups in total. The van der Waals surface area contributed by atoms with E-state index in [0.717, 1.165) is 22.0 Å². The van der Waals surface area contributed by atoms with Crippen molar-refractivity contribution >= 4 is 28.8 Å². The Balaban J connectivity index is 1.67. The minimum absolute atomic E-state index is 0.223. The molecule has 1 amide bonds. The van der Waals surface area contributed by atoms with Crippen molar-refractivity contribution in [2.24, 2.45) is 0 Å². The lowest BCUT2D eigenvalue weighted by molar-refractivity contribution is -0.145. The van der Waals surface area contributed by atoms with Gasteiger partial charge in [-0.3, -0.25) is 4.90 Å². The van der Waals surface area contributed by atoms with Crippen molar-refractivity contribution in [2.75, 3.05) is 19.0 Å². The van der Waals surface area contributed by atoms with E-state index in [1.54, 1.807) is 20.8 Å². The summed E-state index contributed by atoms with van der Waals surface area (Å²) in [6.45, 7) is 7.70. The summed E-state index contributed by atoms with van der Waals surface area (Å²) in [5.74, 6) is 0.803. The third-order valence-electron chi connectivity index (χ3n) is 5.73. The second kappa shape index (κ2) is 9.29. The first-order valence-corrected chi connectivity index (χ1v) is 11.3. The van der Waals surface area contributed by atoms with Crippen LogP contribution in [0.4, 0.5) is 10.6 Å². The van der Waals surface area contributed by atoms with Gasteiger partial charge in [0.25, 0.3) is 0 Å². The summed E-state index contributed by atoms with van der Waals surface area (Å²) < 4.78 is 10.5. The fourth-order valence-corrected chi connectivity index (χ4v) is 4.15. The number of nitrogens with one attached hydrogen (secondary N) is 1. The fraction of sp³-hybridized carbons (Fsp3) is 0.385. The van der Waals surface area contributed by atoms with Crippen molar-refractivity contribution in [3.8, 4) is 11.4 Å². The minimum atomic E-state index is -0.735. The number of aryl methyl sites for hydroxylation is 1. The van der Waals surface area contributed by atoms with Crippen molar-refractivity contribution in [3.63, 3.8) is 0 Å². The average molecular weight is 463 g/mol. The summed E-state index contributed by atoms with van der Waals surface area (Å²) in [6, 6.07) is 14.8. The Morgan fingerprint density at radius 1 is 1.06 bits per heavy atom. The van der Waals surface area contributed by atoms with Crippen LogP contribution in [0.1, 0.15) is 32.8 Å². The normalized spacial score (nSPS) is 18.1. The first-order valence-electron chi connectivity index (χ1n) is 11.3. The molecule has 0 bridgehead atoms. The number of esters is 1. The number of hydrogen-bond donors (Lipinski definition) is 1. The van der Waals surface area contributed by atoms with Gasteiger partial charge in [-0.1, -0.05) is 36.4 Å². The second-order valence-corrected chi connectivity index (χ2v) is 9.48. The van der Waals surface area contributed by atoms with Crippen molar-refractivity contribution in [1.82, 2.24) is 14.9 Å². The number of ether oxygens (including phenoxy) is 2. The van der Waals surface area contributed by atoms with Crippen LogP contribution in [0.2, 0.25) is 0 Å². The molecule has 2 aromatic carbocycles. The third-order valence-corrected chi connectivity index (χ3v) is 5.73. The molecular weight excluding hydrogens is 432 g/mol. The molecule has 1 aliphatic heterocycles. The lowest BCUT2D eigenvalue weighted by Gasteiger charge is -2.27. The maximum absolute atomic E-state index is 12.8. The number of methoxy groups -OCH3 is 1. The molecule has 0 spiro atoms. The highest BCUT2D eigenvalue weighted by atomic mass is 16.6. The van der Waals surface area contributed by atoms with Crippen molar-refractivity contribution in [2.45, 2.75) is 51.8 Å². The van der Waals surface area contributed by atoms with Gasteiger partial charge in [0.05, 0.1) is 12.6 Å². The quantitative estimate of drug-likeness (QED) is 0.568. The van der Waals surface area contributed by atoms with Gasteiger partial charge in [0.1, 0.15) is 17.5 Å². The Bertz CT molecular complexity index is 1220. The number of fused-ring (bicyclic) bond motifs is 1. The number of anilines is 1. The predicted octanol–water partition coefficient (Wildman–Crippen LogP) is 4.57. The van der Waals surface area contributed by atoms with E-state index in [9.17, 15) is 9.59 Å². The van der Waals surface area contributed by atoms with Crippen LogP contribution in [0.15, 0.2) is 48.5 Å². The van der Waals surface area contributed by atoms with Crippen LogP contribution in [0.5, 0.6) is 0 Å². The monoisotopic (exact) mass is 462 g/mol. The van der Waals surface area contributed by atoms with Crippen LogP contribution in [-0.4, -0.2) is 58.3 Å². The fourth-order valence-electron chi connectivity index (χ4n) is 4.15. The molecule has 1 aromatic heterocycles. The maximum atomic E-state index is 12.8. The Hall–Kier alpha value is -3.68. The average Bonchev–Trinajstić information content (AvgIpc) is 3.22. The summed E-state index contributed by atoms with van der Waals surface area (Å²) in [5, 5.41) is 4.33. The Labute approximate surface area is 199 Å². The number of benzene rings is 2. The highest BCUT2D eigenvalue weighted by Gasteiger charge is 2.42. The van der Waals surface area contributed by atoms with Crippen molar-refractivity contribution in [1.29, 1.82) is 0 Å². The molecule has 1 saturated heterocycles. The molecule has 2 heterocycles. The van der Waals surface area contributed by atoms with Crippen LogP contribution >= 0.6 is 0 Å². The third kappa shape index (κ3) is 4.95. The molecule has 178 valence electrons. The molecule has 0 aliphatic carbocycles. The number of hydrogen-bond acceptors (Lipinski definition) is 7. The lowest BCUT2D eigenvalue weighted by Crippen LogP contribution is -2.44. The zero-order chi connectivity index (χ0) is 24.5. The number of rotatable bonds is 4. The van der Waals surface area contributed by atoms with Crippen LogP contribution in [0.3, 0.4) is 0 Å². The number of nitrogens with zero attached hydrogens (tertiary/aromatic N) is 3. The summed E-state index contributed by atoms with van der Waals surface area (Å²) in [5.41, 5.74) is 2.16. The van der Waals surface area contributed by atoms with E-state index < -0.39 is 23.7 Å². The molecule has 8 nitrogen and oxygen atoms in total. The first-order chi connectivity index (χ1) is 16.2. The number of aromatic nitrogens is 2. The molecule has 0 radical (unpaired) electrons. The van der Waals surface area contributed by atoms with Gasteiger partial charge < -0.3 is 14.8 Å². The van der Waals surface area contributed by atoms with E-state index in [2.05, 4.69) is 5.32 Å². The molecule has 1 fully saturated rings. The van der Waals surface area contributed by atoms with Gasteiger partial charge >= 0.3 is 12.1 Å². The van der Waals surface area contributed by atoms with E-state index in [1.165, 1.54) is 12.0 Å². The van der Waals surface area contributed by atoms with Crippen molar-refractivity contribution in [3.05, 3.63) is 54.1 Å². The lowest BCUT2D eigenvalue weighted by atomic mass is 10.1. The molecule has 1 aliphatic rings. The molecular formula is C26H30N4O4. The van der Waals surface area contributed by atoms with E-state index in [0.29, 0.717) is 18.1 Å². The van der Waals surface area contributed by atoms with Gasteiger partial charge in [0.2, 0.25) is 0 Å². The van der Waals surface area contributed by atoms with E-state index >= 15 is 0 Å². The standard InChI is InChI=1S/C26H30N4O4/c1-16-10-6-7-11-18(16)22-28-20-13-9-8-12-19(20)23(29-22)27-17-14-21(24(31)33-5)30(15-17)25(32)34-26(2,3)4/h6-13,17,21H,14-15H2,1-5H3,(H,27,28,29)/t17-,21+/m0/s1. The molecule has 0 unspecified atom stereocenters. The van der Waals surface area contributed by atoms with Gasteiger partial charge in [0.15, 0.2) is 5.82 Å². The molecule has 3 aromatic rings. The van der Waals surface area contributed by atoms with Gasteiger partial charge in [0, 0.05) is 30.0 Å². The van der Waals surface area contributed by atoms with Gasteiger partial charge in [-0.15, -0.1) is 0 Å². The summed E-state index contributed by atoms with van der Waals surface area (Å²) >= 11 is 0. The number of amides is 1. The number of para-hydroxylation sites is 1. The number of carbonyl (C=O) groups is 2. The van der Waals surface area contributed by atoms with Crippen LogP contribution < -0.4 is 5.32 Å². The van der Waals surface area contributed by atoms with Crippen molar-refractivity contribution < 1.29 is 19.1 Å². The van der Waals surface area contributed by atoms with E-state index in [4.69, 9.17) is 19.4 Å². The zero-order valence-corrected chi connectivity index (χ0v) is 20.2. The SMILES string of the molecule is COC(=O)[C@H]1C[C@H](Nc2nc(-c3ccccc3C)nc3ccccc23)CN1C(=O)OC(C)(C)C. The maximum Gasteiger partial charge on any atom is 0.411 e. The predicted molar refractivity (Wildman–Crippen MR) is 130 cm³/mol. The Morgan fingerprint density at radius 2 is 1.76 bits per heavy atom. The second-order valence-electron chi connectivity index (χ2n) is 9.48.